The lowest BCUT2D eigenvalue weighted by Gasteiger charge is -2.38. The third-order valence-electron chi connectivity index (χ3n) is 6.54. The highest BCUT2D eigenvalue weighted by atomic mass is 32.1. The summed E-state index contributed by atoms with van der Waals surface area (Å²) >= 11 is 2.97. The number of carbonyl (C=O) groups is 1. The third kappa shape index (κ3) is 4.83. The van der Waals surface area contributed by atoms with Crippen LogP contribution in [-0.4, -0.2) is 56.3 Å². The molecule has 0 amide bonds. The number of likely N-dealkylation sites (tertiary alicyclic amines) is 1. The smallest absolute Gasteiger partial charge is 0.355 e. The minimum absolute atomic E-state index is 0.125. The maximum absolute atomic E-state index is 12.0. The van der Waals surface area contributed by atoms with Crippen LogP contribution in [0, 0.1) is 6.92 Å². The first-order valence-corrected chi connectivity index (χ1v) is 13.8. The maximum atomic E-state index is 12.0. The standard InChI is InChI=1S/C27H25N7O2S2/c1-16-12-21(31-32-24(16)30-26-28-19-10-6-7-11-20(19)37-26)33(2)27-29-22(25(35)36)23(38-27)18-14-34(15-18)13-17-8-4-3-5-9-17/h3-12,18H,13-15H2,1-2H3,(H,35,36)(H,28,30,32). The Bertz CT molecular complexity index is 1580. The van der Waals surface area contributed by atoms with Crippen molar-refractivity contribution in [2.75, 3.05) is 30.4 Å². The van der Waals surface area contributed by atoms with E-state index in [2.05, 4.69) is 42.5 Å². The van der Waals surface area contributed by atoms with Crippen molar-refractivity contribution in [3.8, 4) is 0 Å². The second-order valence-electron chi connectivity index (χ2n) is 9.30. The van der Waals surface area contributed by atoms with E-state index in [9.17, 15) is 9.90 Å². The van der Waals surface area contributed by atoms with Gasteiger partial charge in [-0.25, -0.2) is 14.8 Å². The minimum Gasteiger partial charge on any atom is -0.476 e. The lowest BCUT2D eigenvalue weighted by atomic mass is 9.96. The molecular formula is C27H25N7O2S2. The number of thiazole rings is 2. The van der Waals surface area contributed by atoms with Crippen molar-refractivity contribution in [1.29, 1.82) is 0 Å². The lowest BCUT2D eigenvalue weighted by Crippen LogP contribution is -2.44. The first-order chi connectivity index (χ1) is 18.4. The maximum Gasteiger partial charge on any atom is 0.355 e. The van der Waals surface area contributed by atoms with Gasteiger partial charge in [-0.15, -0.1) is 21.5 Å². The summed E-state index contributed by atoms with van der Waals surface area (Å²) in [5.74, 6) is 0.363. The molecule has 0 atom stereocenters. The number of hydrogen-bond acceptors (Lipinski definition) is 10. The molecule has 3 aromatic heterocycles. The Hall–Kier alpha value is -3.93. The van der Waals surface area contributed by atoms with Gasteiger partial charge in [0.25, 0.3) is 0 Å². The summed E-state index contributed by atoms with van der Waals surface area (Å²) in [6.45, 7) is 4.43. The molecule has 192 valence electrons. The zero-order chi connectivity index (χ0) is 26.2. The molecule has 0 aliphatic carbocycles. The van der Waals surface area contributed by atoms with E-state index < -0.39 is 5.97 Å². The van der Waals surface area contributed by atoms with Gasteiger partial charge in [-0.05, 0) is 36.2 Å². The van der Waals surface area contributed by atoms with E-state index in [1.807, 2.05) is 62.5 Å². The normalized spacial score (nSPS) is 13.9. The van der Waals surface area contributed by atoms with Crippen LogP contribution in [-0.2, 0) is 6.54 Å². The zero-order valence-electron chi connectivity index (χ0n) is 20.8. The van der Waals surface area contributed by atoms with Gasteiger partial charge >= 0.3 is 5.97 Å². The number of carboxylic acids is 1. The number of hydrogen-bond donors (Lipinski definition) is 2. The molecule has 1 aliphatic heterocycles. The van der Waals surface area contributed by atoms with Crippen LogP contribution in [0.1, 0.15) is 32.4 Å². The molecule has 0 spiro atoms. The van der Waals surface area contributed by atoms with Crippen LogP contribution in [0.4, 0.5) is 21.9 Å². The minimum atomic E-state index is -1.00. The molecule has 1 saturated heterocycles. The number of aromatic carboxylic acids is 1. The Morgan fingerprint density at radius 2 is 1.84 bits per heavy atom. The number of fused-ring (bicyclic) bond motifs is 1. The summed E-state index contributed by atoms with van der Waals surface area (Å²) in [5.41, 5.74) is 3.21. The predicted octanol–water partition coefficient (Wildman–Crippen LogP) is 5.66. The second kappa shape index (κ2) is 10.1. The second-order valence-corrected chi connectivity index (χ2v) is 11.3. The average Bonchev–Trinajstić information content (AvgIpc) is 3.51. The molecule has 2 aromatic carbocycles. The highest BCUT2D eigenvalue weighted by Gasteiger charge is 2.34. The zero-order valence-corrected chi connectivity index (χ0v) is 22.5. The summed E-state index contributed by atoms with van der Waals surface area (Å²) in [7, 11) is 1.83. The molecule has 0 bridgehead atoms. The molecule has 0 radical (unpaired) electrons. The Morgan fingerprint density at radius 1 is 1.08 bits per heavy atom. The first kappa shape index (κ1) is 24.4. The molecule has 1 fully saturated rings. The van der Waals surface area contributed by atoms with Crippen molar-refractivity contribution in [1.82, 2.24) is 25.1 Å². The molecule has 9 nitrogen and oxygen atoms in total. The number of para-hydroxylation sites is 1. The molecule has 4 heterocycles. The van der Waals surface area contributed by atoms with Crippen LogP contribution >= 0.6 is 22.7 Å². The van der Waals surface area contributed by atoms with E-state index in [1.165, 1.54) is 16.9 Å². The van der Waals surface area contributed by atoms with Gasteiger partial charge in [-0.3, -0.25) is 4.90 Å². The first-order valence-electron chi connectivity index (χ1n) is 12.2. The van der Waals surface area contributed by atoms with E-state index in [-0.39, 0.29) is 11.6 Å². The van der Waals surface area contributed by atoms with Gasteiger partial charge in [0.05, 0.1) is 10.2 Å². The number of anilines is 4. The van der Waals surface area contributed by atoms with Crippen LogP contribution in [0.15, 0.2) is 60.7 Å². The highest BCUT2D eigenvalue weighted by molar-refractivity contribution is 7.22. The average molecular weight is 544 g/mol. The van der Waals surface area contributed by atoms with Crippen LogP contribution in [0.25, 0.3) is 10.2 Å². The number of aryl methyl sites for hydroxylation is 1. The Labute approximate surface area is 227 Å². The van der Waals surface area contributed by atoms with Gasteiger partial charge < -0.3 is 15.3 Å². The SMILES string of the molecule is Cc1cc(N(C)c2nc(C(=O)O)c(C3CN(Cc4ccccc4)C3)s2)nnc1Nc1nc2ccccc2s1. The summed E-state index contributed by atoms with van der Waals surface area (Å²) in [6.07, 6.45) is 0. The molecule has 2 N–H and O–H groups in total. The molecular weight excluding hydrogens is 518 g/mol. The van der Waals surface area contributed by atoms with Gasteiger partial charge in [0.1, 0.15) is 0 Å². The van der Waals surface area contributed by atoms with Gasteiger partial charge in [-0.1, -0.05) is 53.8 Å². The van der Waals surface area contributed by atoms with Crippen LogP contribution in [0.2, 0.25) is 0 Å². The molecule has 0 saturated carbocycles. The number of nitrogens with one attached hydrogen (secondary N) is 1. The quantitative estimate of drug-likeness (QED) is 0.256. The fourth-order valence-electron chi connectivity index (χ4n) is 4.48. The summed E-state index contributed by atoms with van der Waals surface area (Å²) in [4.78, 5) is 26.0. The number of benzene rings is 2. The van der Waals surface area contributed by atoms with Crippen LogP contribution in [0.3, 0.4) is 0 Å². The van der Waals surface area contributed by atoms with Crippen molar-refractivity contribution in [3.63, 3.8) is 0 Å². The summed E-state index contributed by atoms with van der Waals surface area (Å²) in [5, 5.41) is 23.2. The van der Waals surface area contributed by atoms with Crippen LogP contribution in [0.5, 0.6) is 0 Å². The summed E-state index contributed by atoms with van der Waals surface area (Å²) < 4.78 is 1.10. The van der Waals surface area contributed by atoms with Gasteiger partial charge in [0, 0.05) is 37.5 Å². The Kier molecular flexibility index (Phi) is 6.48. The number of nitrogens with zero attached hydrogens (tertiary/aromatic N) is 6. The van der Waals surface area contributed by atoms with Crippen LogP contribution < -0.4 is 10.2 Å². The fourth-order valence-corrected chi connectivity index (χ4v) is 6.46. The van der Waals surface area contributed by atoms with Crippen molar-refractivity contribution in [2.24, 2.45) is 0 Å². The topological polar surface area (TPSA) is 107 Å². The largest absolute Gasteiger partial charge is 0.476 e. The van der Waals surface area contributed by atoms with Gasteiger partial charge in [-0.2, -0.15) is 0 Å². The number of aromatic nitrogens is 4. The third-order valence-corrected chi connectivity index (χ3v) is 8.79. The lowest BCUT2D eigenvalue weighted by molar-refractivity contribution is 0.0685. The Morgan fingerprint density at radius 3 is 2.58 bits per heavy atom. The monoisotopic (exact) mass is 543 g/mol. The molecule has 38 heavy (non-hydrogen) atoms. The molecule has 5 aromatic rings. The molecule has 11 heteroatoms. The van der Waals surface area contributed by atoms with E-state index in [4.69, 9.17) is 0 Å². The van der Waals surface area contributed by atoms with E-state index in [0.717, 1.165) is 45.4 Å². The Balaban J connectivity index is 1.17. The molecule has 0 unspecified atom stereocenters. The predicted molar refractivity (Wildman–Crippen MR) is 151 cm³/mol. The number of carboxylic acid groups (broad SMARTS) is 1. The summed E-state index contributed by atoms with van der Waals surface area (Å²) in [6, 6.07) is 20.2. The van der Waals surface area contributed by atoms with E-state index in [0.29, 0.717) is 16.8 Å². The number of rotatable bonds is 8. The van der Waals surface area contributed by atoms with E-state index in [1.54, 1.807) is 16.2 Å². The van der Waals surface area contributed by atoms with Crippen molar-refractivity contribution in [3.05, 3.63) is 82.4 Å². The highest BCUT2D eigenvalue weighted by Crippen LogP contribution is 2.39. The van der Waals surface area contributed by atoms with E-state index >= 15 is 0 Å². The van der Waals surface area contributed by atoms with Crippen molar-refractivity contribution >= 4 is 60.8 Å². The van der Waals surface area contributed by atoms with Gasteiger partial charge in [0.15, 0.2) is 27.6 Å². The van der Waals surface area contributed by atoms with Gasteiger partial charge in [0.2, 0.25) is 0 Å². The van der Waals surface area contributed by atoms with Crippen molar-refractivity contribution < 1.29 is 9.90 Å². The van der Waals surface area contributed by atoms with Crippen molar-refractivity contribution in [2.45, 2.75) is 19.4 Å². The molecule has 6 rings (SSSR count). The molecule has 1 aliphatic rings. The fraction of sp³-hybridized carbons (Fsp3) is 0.222.